The van der Waals surface area contributed by atoms with Gasteiger partial charge < -0.3 is 10.4 Å². The van der Waals surface area contributed by atoms with Gasteiger partial charge in [-0.05, 0) is 32.8 Å². The predicted octanol–water partition coefficient (Wildman–Crippen LogP) is 1.64. The van der Waals surface area contributed by atoms with Gasteiger partial charge in [-0.3, -0.25) is 9.48 Å². The highest BCUT2D eigenvalue weighted by molar-refractivity contribution is 5.93. The molecule has 0 saturated heterocycles. The van der Waals surface area contributed by atoms with Gasteiger partial charge in [-0.2, -0.15) is 5.10 Å². The third-order valence-electron chi connectivity index (χ3n) is 3.93. The van der Waals surface area contributed by atoms with Crippen molar-refractivity contribution in [3.63, 3.8) is 0 Å². The van der Waals surface area contributed by atoms with Gasteiger partial charge in [0.2, 0.25) is 0 Å². The van der Waals surface area contributed by atoms with Crippen LogP contribution in [0.2, 0.25) is 0 Å². The molecule has 1 fully saturated rings. The van der Waals surface area contributed by atoms with Crippen molar-refractivity contribution < 1.29 is 9.90 Å². The number of aliphatic hydroxyl groups excluding tert-OH is 1. The van der Waals surface area contributed by atoms with E-state index in [2.05, 4.69) is 10.4 Å². The van der Waals surface area contributed by atoms with E-state index in [0.29, 0.717) is 12.2 Å². The summed E-state index contributed by atoms with van der Waals surface area (Å²) in [4.78, 5) is 12.4. The second-order valence-corrected chi connectivity index (χ2v) is 5.44. The van der Waals surface area contributed by atoms with E-state index in [1.807, 2.05) is 13.8 Å². The third-order valence-corrected chi connectivity index (χ3v) is 3.93. The number of aryl methyl sites for hydroxylation is 2. The molecule has 0 aliphatic heterocycles. The summed E-state index contributed by atoms with van der Waals surface area (Å²) in [6.07, 6.45) is 5.02. The van der Waals surface area contributed by atoms with Gasteiger partial charge in [-0.1, -0.05) is 19.3 Å². The number of amides is 1. The summed E-state index contributed by atoms with van der Waals surface area (Å²) >= 11 is 0. The highest BCUT2D eigenvalue weighted by atomic mass is 16.3. The fraction of sp³-hybridized carbons (Fsp3) is 0.714. The van der Waals surface area contributed by atoms with Crippen molar-refractivity contribution in [3.05, 3.63) is 17.5 Å². The maximum absolute atomic E-state index is 12.4. The molecule has 1 amide bonds. The van der Waals surface area contributed by atoms with Crippen LogP contribution >= 0.6 is 0 Å². The van der Waals surface area contributed by atoms with Crippen molar-refractivity contribution >= 4 is 5.91 Å². The van der Waals surface area contributed by atoms with Crippen LogP contribution < -0.4 is 5.32 Å². The topological polar surface area (TPSA) is 67.2 Å². The van der Waals surface area contributed by atoms with Gasteiger partial charge in [0.1, 0.15) is 5.69 Å². The first-order valence-electron chi connectivity index (χ1n) is 7.08. The minimum Gasteiger partial charge on any atom is -0.394 e. The first-order valence-corrected chi connectivity index (χ1v) is 7.08. The maximum Gasteiger partial charge on any atom is 0.270 e. The third kappa shape index (κ3) is 2.97. The highest BCUT2D eigenvalue weighted by Crippen LogP contribution is 2.28. The molecule has 0 aromatic carbocycles. The number of carbonyl (C=O) groups is 1. The molecule has 0 bridgehead atoms. The fourth-order valence-electron chi connectivity index (χ4n) is 2.83. The van der Waals surface area contributed by atoms with Crippen LogP contribution in [0.4, 0.5) is 0 Å². The molecule has 0 unspecified atom stereocenters. The van der Waals surface area contributed by atoms with Crippen LogP contribution in [-0.4, -0.2) is 32.9 Å². The summed E-state index contributed by atoms with van der Waals surface area (Å²) in [7, 11) is 0. The summed E-state index contributed by atoms with van der Waals surface area (Å²) in [5.74, 6) is -0.126. The standard InChI is InChI=1S/C14H23N3O2/c1-3-17-12(9-11(2)16-17)13(19)15-14(10-18)7-5-4-6-8-14/h9,18H,3-8,10H2,1-2H3,(H,15,19). The molecule has 2 N–H and O–H groups in total. The Labute approximate surface area is 114 Å². The Morgan fingerprint density at radius 2 is 2.16 bits per heavy atom. The van der Waals surface area contributed by atoms with Crippen LogP contribution in [0.1, 0.15) is 55.2 Å². The molecule has 106 valence electrons. The van der Waals surface area contributed by atoms with Crippen LogP contribution in [-0.2, 0) is 6.54 Å². The number of hydrogen-bond donors (Lipinski definition) is 2. The van der Waals surface area contributed by atoms with Gasteiger partial charge in [0, 0.05) is 6.54 Å². The number of aromatic nitrogens is 2. The fourth-order valence-corrected chi connectivity index (χ4v) is 2.83. The van der Waals surface area contributed by atoms with Crippen molar-refractivity contribution in [1.29, 1.82) is 0 Å². The smallest absolute Gasteiger partial charge is 0.270 e. The lowest BCUT2D eigenvalue weighted by atomic mass is 9.82. The number of nitrogens with zero attached hydrogens (tertiary/aromatic N) is 2. The number of aliphatic hydroxyl groups is 1. The van der Waals surface area contributed by atoms with Gasteiger partial charge in [0.05, 0.1) is 17.8 Å². The molecule has 0 spiro atoms. The molecule has 0 atom stereocenters. The monoisotopic (exact) mass is 265 g/mol. The molecular weight excluding hydrogens is 242 g/mol. The zero-order valence-electron chi connectivity index (χ0n) is 11.8. The van der Waals surface area contributed by atoms with E-state index in [-0.39, 0.29) is 12.5 Å². The van der Waals surface area contributed by atoms with Crippen molar-refractivity contribution in [1.82, 2.24) is 15.1 Å². The van der Waals surface area contributed by atoms with E-state index in [1.165, 1.54) is 6.42 Å². The number of rotatable bonds is 4. The summed E-state index contributed by atoms with van der Waals surface area (Å²) in [5.41, 5.74) is 0.985. The predicted molar refractivity (Wildman–Crippen MR) is 73.0 cm³/mol. The second-order valence-electron chi connectivity index (χ2n) is 5.44. The molecule has 1 aromatic rings. The van der Waals surface area contributed by atoms with Crippen LogP contribution in [0.3, 0.4) is 0 Å². The average Bonchev–Trinajstić information content (AvgIpc) is 2.81. The molecular formula is C14H23N3O2. The maximum atomic E-state index is 12.4. The van der Waals surface area contributed by atoms with Crippen LogP contribution in [0, 0.1) is 6.92 Å². The molecule has 5 heteroatoms. The van der Waals surface area contributed by atoms with Gasteiger partial charge in [0.15, 0.2) is 0 Å². The lowest BCUT2D eigenvalue weighted by Gasteiger charge is -2.36. The minimum absolute atomic E-state index is 0.0119. The Bertz CT molecular complexity index is 448. The Balaban J connectivity index is 2.14. The summed E-state index contributed by atoms with van der Waals surface area (Å²) in [6, 6.07) is 1.80. The first kappa shape index (κ1) is 14.1. The van der Waals surface area contributed by atoms with Gasteiger partial charge in [-0.25, -0.2) is 0 Å². The Morgan fingerprint density at radius 3 is 2.74 bits per heavy atom. The Hall–Kier alpha value is -1.36. The number of nitrogens with one attached hydrogen (secondary N) is 1. The lowest BCUT2D eigenvalue weighted by molar-refractivity contribution is 0.0748. The summed E-state index contributed by atoms with van der Waals surface area (Å²) in [5, 5.41) is 17.0. The van der Waals surface area contributed by atoms with Crippen molar-refractivity contribution in [2.45, 2.75) is 58.0 Å². The summed E-state index contributed by atoms with van der Waals surface area (Å²) in [6.45, 7) is 4.53. The zero-order chi connectivity index (χ0) is 13.9. The van der Waals surface area contributed by atoms with E-state index in [4.69, 9.17) is 0 Å². The number of hydrogen-bond acceptors (Lipinski definition) is 3. The molecule has 1 saturated carbocycles. The molecule has 1 aliphatic rings. The second kappa shape index (κ2) is 5.74. The zero-order valence-corrected chi connectivity index (χ0v) is 11.8. The SMILES string of the molecule is CCn1nc(C)cc1C(=O)NC1(CO)CCCCC1. The first-order chi connectivity index (χ1) is 9.10. The molecule has 0 radical (unpaired) electrons. The van der Waals surface area contributed by atoms with E-state index in [0.717, 1.165) is 31.4 Å². The van der Waals surface area contributed by atoms with E-state index >= 15 is 0 Å². The van der Waals surface area contributed by atoms with Crippen LogP contribution in [0.5, 0.6) is 0 Å². The average molecular weight is 265 g/mol. The van der Waals surface area contributed by atoms with Crippen molar-refractivity contribution in [3.8, 4) is 0 Å². The van der Waals surface area contributed by atoms with E-state index < -0.39 is 5.54 Å². The molecule has 5 nitrogen and oxygen atoms in total. The van der Waals surface area contributed by atoms with Crippen molar-refractivity contribution in [2.24, 2.45) is 0 Å². The molecule has 2 rings (SSSR count). The van der Waals surface area contributed by atoms with Gasteiger partial charge in [0.25, 0.3) is 5.91 Å². The van der Waals surface area contributed by atoms with E-state index in [1.54, 1.807) is 10.7 Å². The lowest BCUT2D eigenvalue weighted by Crippen LogP contribution is -2.52. The number of carbonyl (C=O) groups excluding carboxylic acids is 1. The van der Waals surface area contributed by atoms with Gasteiger partial charge >= 0.3 is 0 Å². The van der Waals surface area contributed by atoms with Gasteiger partial charge in [-0.15, -0.1) is 0 Å². The van der Waals surface area contributed by atoms with Crippen LogP contribution in [0.25, 0.3) is 0 Å². The van der Waals surface area contributed by atoms with Crippen LogP contribution in [0.15, 0.2) is 6.07 Å². The Morgan fingerprint density at radius 1 is 1.47 bits per heavy atom. The van der Waals surface area contributed by atoms with Crippen molar-refractivity contribution in [2.75, 3.05) is 6.61 Å². The normalized spacial score (nSPS) is 18.3. The van der Waals surface area contributed by atoms with E-state index in [9.17, 15) is 9.90 Å². The minimum atomic E-state index is -0.438. The quantitative estimate of drug-likeness (QED) is 0.869. The molecule has 19 heavy (non-hydrogen) atoms. The largest absolute Gasteiger partial charge is 0.394 e. The Kier molecular flexibility index (Phi) is 4.24. The highest BCUT2D eigenvalue weighted by Gasteiger charge is 2.33. The molecule has 1 heterocycles. The molecule has 1 aromatic heterocycles. The molecule has 1 aliphatic carbocycles. The summed E-state index contributed by atoms with van der Waals surface area (Å²) < 4.78 is 1.71.